The van der Waals surface area contributed by atoms with Crippen LogP contribution in [0.2, 0.25) is 0 Å². The van der Waals surface area contributed by atoms with E-state index in [1.165, 1.54) is 43.8 Å². The summed E-state index contributed by atoms with van der Waals surface area (Å²) in [6.07, 6.45) is 6.30. The molecule has 6 aromatic rings. The van der Waals surface area contributed by atoms with Gasteiger partial charge < -0.3 is 10.6 Å². The van der Waals surface area contributed by atoms with E-state index in [1.807, 2.05) is 48.3 Å². The molecule has 0 saturated carbocycles. The maximum absolute atomic E-state index is 13.4. The number of fused-ring (bicyclic) bond motifs is 2. The molecule has 1 aromatic heterocycles. The summed E-state index contributed by atoms with van der Waals surface area (Å²) in [7, 11) is -3.54. The molecule has 9 heteroatoms. The Morgan fingerprint density at radius 3 is 1.98 bits per heavy atom. The summed E-state index contributed by atoms with van der Waals surface area (Å²) in [5, 5.41) is 6.98. The molecule has 0 unspecified atom stereocenters. The zero-order valence-corrected chi connectivity index (χ0v) is 31.8. The monoisotopic (exact) mass is 749 g/mol. The molecule has 0 bridgehead atoms. The van der Waals surface area contributed by atoms with Gasteiger partial charge in [-0.25, -0.2) is 17.7 Å². The number of hydrogen-bond donors (Lipinski definition) is 2. The quantitative estimate of drug-likeness (QED) is 0.117. The van der Waals surface area contributed by atoms with Crippen molar-refractivity contribution in [3.8, 4) is 11.1 Å². The summed E-state index contributed by atoms with van der Waals surface area (Å²) in [5.74, 6) is 0. The predicted molar refractivity (Wildman–Crippen MR) is 215 cm³/mol. The Bertz CT molecular complexity index is 2280. The summed E-state index contributed by atoms with van der Waals surface area (Å²) < 4.78 is 30.8. The van der Waals surface area contributed by atoms with Gasteiger partial charge in [-0.05, 0) is 117 Å². The molecule has 2 aliphatic heterocycles. The second-order valence-electron chi connectivity index (χ2n) is 13.9. The smallest absolute Gasteiger partial charge is 0.243 e. The van der Waals surface area contributed by atoms with Crippen molar-refractivity contribution < 1.29 is 8.42 Å². The van der Waals surface area contributed by atoms with E-state index >= 15 is 0 Å². The summed E-state index contributed by atoms with van der Waals surface area (Å²) in [5.41, 5.74) is 12.2. The van der Waals surface area contributed by atoms with Gasteiger partial charge in [-0.3, -0.25) is 0 Å². The highest BCUT2D eigenvalue weighted by Gasteiger charge is 2.28. The minimum atomic E-state index is -3.54. The first kappa shape index (κ1) is 36.2. The third-order valence-corrected chi connectivity index (χ3v) is 13.1. The van der Waals surface area contributed by atoms with E-state index in [-0.39, 0.29) is 0 Å². The molecule has 7 nitrogen and oxygen atoms in total. The Hall–Kier alpha value is -4.79. The highest BCUT2D eigenvalue weighted by Crippen LogP contribution is 2.32. The predicted octanol–water partition coefficient (Wildman–Crippen LogP) is 7.74. The van der Waals surface area contributed by atoms with Crippen LogP contribution < -0.4 is 10.6 Å². The highest BCUT2D eigenvalue weighted by molar-refractivity contribution is 7.97. The van der Waals surface area contributed by atoms with Crippen LogP contribution >= 0.6 is 11.9 Å². The van der Waals surface area contributed by atoms with Crippen molar-refractivity contribution in [3.05, 3.63) is 184 Å². The molecule has 0 aliphatic carbocycles. The lowest BCUT2D eigenvalue weighted by molar-refractivity contribution is 0.391. The normalized spacial score (nSPS) is 14.6. The molecule has 0 atom stereocenters. The van der Waals surface area contributed by atoms with Crippen LogP contribution in [-0.4, -0.2) is 35.1 Å². The van der Waals surface area contributed by atoms with Gasteiger partial charge in [0.25, 0.3) is 0 Å². The molecule has 54 heavy (non-hydrogen) atoms. The molecule has 8 rings (SSSR count). The van der Waals surface area contributed by atoms with Gasteiger partial charge in [0.2, 0.25) is 10.0 Å². The average molecular weight is 750 g/mol. The molecule has 0 radical (unpaired) electrons. The van der Waals surface area contributed by atoms with E-state index in [4.69, 9.17) is 0 Å². The van der Waals surface area contributed by atoms with Crippen LogP contribution in [-0.2, 0) is 62.1 Å². The van der Waals surface area contributed by atoms with Crippen LogP contribution in [0, 0.1) is 12.3 Å². The Labute approximate surface area is 323 Å². The molecule has 0 amide bonds. The fourth-order valence-electron chi connectivity index (χ4n) is 7.13. The SMILES string of the molecule is O=S(=O)(c1ccc(CNCc2ccc(-c3ccc4c(c3)CN(Sc3ccc(CNCc5c#cncc5)cc3)CC4)cc2)cc1)N1CCc2ccccc2C1. The molecule has 2 N–H and O–H groups in total. The highest BCUT2D eigenvalue weighted by atomic mass is 32.2. The maximum Gasteiger partial charge on any atom is 0.243 e. The average Bonchev–Trinajstić information content (AvgIpc) is 3.22. The van der Waals surface area contributed by atoms with Gasteiger partial charge >= 0.3 is 0 Å². The molecule has 272 valence electrons. The lowest BCUT2D eigenvalue weighted by Crippen LogP contribution is -2.35. The van der Waals surface area contributed by atoms with Crippen LogP contribution in [0.1, 0.15) is 44.5 Å². The number of sulfonamides is 1. The van der Waals surface area contributed by atoms with Crippen LogP contribution in [0.3, 0.4) is 0 Å². The number of aromatic nitrogens is 1. The standard InChI is InChI=1S/C45H43N5O2S2/c51-54(52,50-26-22-38-3-1-2-4-42(38)33-50)45-17-9-36(10-18-45)30-47-28-34-5-11-39(12-6-34)41-14-13-40-21-25-49(32-43(40)27-41)53-44-15-7-35(8-16-44)29-48-31-37-19-23-46-24-20-37/h1-19,23,27,47-48H,21-22,25-26,28-33H2. The number of nitrogens with zero attached hydrogens (tertiary/aromatic N) is 3. The first-order valence-electron chi connectivity index (χ1n) is 18.5. The summed E-state index contributed by atoms with van der Waals surface area (Å²) in [4.78, 5) is 5.51. The third kappa shape index (κ3) is 8.77. The fraction of sp³-hybridized carbons (Fsp3) is 0.222. The minimum Gasteiger partial charge on any atom is -0.309 e. The first-order valence-corrected chi connectivity index (χ1v) is 20.7. The third-order valence-electron chi connectivity index (χ3n) is 10.2. The summed E-state index contributed by atoms with van der Waals surface area (Å²) in [6.45, 7) is 5.81. The van der Waals surface area contributed by atoms with E-state index in [2.05, 4.69) is 105 Å². The van der Waals surface area contributed by atoms with Crippen molar-refractivity contribution >= 4 is 22.0 Å². The second-order valence-corrected chi connectivity index (χ2v) is 17.1. The van der Waals surface area contributed by atoms with Crippen molar-refractivity contribution in [2.24, 2.45) is 0 Å². The van der Waals surface area contributed by atoms with E-state index in [1.54, 1.807) is 22.6 Å². The van der Waals surface area contributed by atoms with Crippen molar-refractivity contribution in [3.63, 3.8) is 0 Å². The number of hydrogen-bond acceptors (Lipinski definition) is 7. The maximum atomic E-state index is 13.4. The zero-order chi connectivity index (χ0) is 36.7. The van der Waals surface area contributed by atoms with E-state index in [9.17, 15) is 8.42 Å². The number of rotatable bonds is 13. The van der Waals surface area contributed by atoms with E-state index < -0.39 is 10.0 Å². The lowest BCUT2D eigenvalue weighted by atomic mass is 9.95. The molecule has 0 spiro atoms. The lowest BCUT2D eigenvalue weighted by Gasteiger charge is -2.28. The van der Waals surface area contributed by atoms with Gasteiger partial charge in [-0.1, -0.05) is 84.9 Å². The molecular weight excluding hydrogens is 707 g/mol. The minimum absolute atomic E-state index is 0.348. The van der Waals surface area contributed by atoms with Gasteiger partial charge in [0, 0.05) is 75.2 Å². The summed E-state index contributed by atoms with van der Waals surface area (Å²) >= 11 is 1.83. The Morgan fingerprint density at radius 1 is 0.630 bits per heavy atom. The molecule has 3 heterocycles. The van der Waals surface area contributed by atoms with Crippen molar-refractivity contribution in [1.29, 1.82) is 0 Å². The Kier molecular flexibility index (Phi) is 11.2. The van der Waals surface area contributed by atoms with E-state index in [0.717, 1.165) is 62.3 Å². The van der Waals surface area contributed by atoms with Crippen LogP contribution in [0.4, 0.5) is 0 Å². The molecule has 5 aromatic carbocycles. The first-order chi connectivity index (χ1) is 26.5. The van der Waals surface area contributed by atoms with Crippen LogP contribution in [0.5, 0.6) is 0 Å². The molecule has 0 saturated heterocycles. The number of benzene rings is 5. The fourth-order valence-corrected chi connectivity index (χ4v) is 9.49. The second kappa shape index (κ2) is 16.7. The van der Waals surface area contributed by atoms with Crippen molar-refractivity contribution in [1.82, 2.24) is 24.2 Å². The van der Waals surface area contributed by atoms with Gasteiger partial charge in [-0.15, -0.1) is 0 Å². The largest absolute Gasteiger partial charge is 0.309 e. The Balaban J connectivity index is 0.807. The van der Waals surface area contributed by atoms with Gasteiger partial charge in [0.1, 0.15) is 0 Å². The van der Waals surface area contributed by atoms with E-state index in [0.29, 0.717) is 24.5 Å². The van der Waals surface area contributed by atoms with Crippen LogP contribution in [0.25, 0.3) is 11.1 Å². The Morgan fingerprint density at radius 2 is 1.26 bits per heavy atom. The van der Waals surface area contributed by atoms with Gasteiger partial charge in [-0.2, -0.15) is 4.31 Å². The molecule has 0 fully saturated rings. The molecule has 2 aliphatic rings. The summed E-state index contributed by atoms with van der Waals surface area (Å²) in [6, 6.07) is 44.9. The van der Waals surface area contributed by atoms with Crippen molar-refractivity contribution in [2.45, 2.75) is 61.9 Å². The zero-order valence-electron chi connectivity index (χ0n) is 30.2. The van der Waals surface area contributed by atoms with Crippen LogP contribution in [0.15, 0.2) is 137 Å². The van der Waals surface area contributed by atoms with Gasteiger partial charge in [0.15, 0.2) is 0 Å². The molecular formula is C45H43N5O2S2. The van der Waals surface area contributed by atoms with Gasteiger partial charge in [0.05, 0.1) is 4.90 Å². The number of nitrogens with one attached hydrogen (secondary N) is 2. The topological polar surface area (TPSA) is 77.6 Å². The van der Waals surface area contributed by atoms with Crippen molar-refractivity contribution in [2.75, 3.05) is 13.1 Å².